The van der Waals surface area contributed by atoms with Crippen molar-refractivity contribution < 1.29 is 8.42 Å². The maximum Gasteiger partial charge on any atom is 0.229 e. The van der Waals surface area contributed by atoms with Crippen LogP contribution in [0, 0.1) is 0 Å². The number of aromatic nitrogens is 2. The number of halogens is 1. The monoisotopic (exact) mass is 419 g/mol. The smallest absolute Gasteiger partial charge is 0.229 e. The fourth-order valence-electron chi connectivity index (χ4n) is 4.48. The highest BCUT2D eigenvalue weighted by atomic mass is 35.5. The molecule has 2 atom stereocenters. The van der Waals surface area contributed by atoms with E-state index in [0.717, 1.165) is 42.5 Å². The Kier molecular flexibility index (Phi) is 4.26. The van der Waals surface area contributed by atoms with Crippen LogP contribution >= 0.6 is 11.6 Å². The van der Waals surface area contributed by atoms with Crippen molar-refractivity contribution in [2.45, 2.75) is 50.2 Å². The molecule has 2 aliphatic heterocycles. The molecular weight excluding hydrogens is 398 g/mol. The van der Waals surface area contributed by atoms with Crippen molar-refractivity contribution in [1.29, 1.82) is 0 Å². The zero-order valence-electron chi connectivity index (χ0n) is 15.5. The van der Waals surface area contributed by atoms with Crippen LogP contribution in [0.25, 0.3) is 0 Å². The molecule has 0 spiro atoms. The maximum atomic E-state index is 12.2. The molecule has 28 heavy (non-hydrogen) atoms. The summed E-state index contributed by atoms with van der Waals surface area (Å²) in [7, 11) is -3.23. The third-order valence-electron chi connectivity index (χ3n) is 5.96. The van der Waals surface area contributed by atoms with Crippen LogP contribution in [0.15, 0.2) is 24.4 Å². The number of benzene rings is 1. The molecule has 1 aliphatic carbocycles. The Hall–Kier alpha value is -1.90. The van der Waals surface area contributed by atoms with E-state index in [-0.39, 0.29) is 12.1 Å². The number of fused-ring (bicyclic) bond motifs is 5. The van der Waals surface area contributed by atoms with Crippen molar-refractivity contribution in [1.82, 2.24) is 14.3 Å². The van der Waals surface area contributed by atoms with Gasteiger partial charge in [-0.1, -0.05) is 17.7 Å². The lowest BCUT2D eigenvalue weighted by molar-refractivity contribution is 0.369. The molecule has 0 amide bonds. The molecule has 3 aliphatic rings. The third kappa shape index (κ3) is 3.03. The lowest BCUT2D eigenvalue weighted by atomic mass is 9.91. The topological polar surface area (TPSA) is 87.2 Å². The quantitative estimate of drug-likeness (QED) is 0.761. The molecule has 1 aromatic heterocycles. The highest BCUT2D eigenvalue weighted by molar-refractivity contribution is 7.88. The number of hydrogen-bond acceptors (Lipinski definition) is 6. The van der Waals surface area contributed by atoms with Gasteiger partial charge in [-0.05, 0) is 55.4 Å². The van der Waals surface area contributed by atoms with E-state index in [0.29, 0.717) is 22.8 Å². The summed E-state index contributed by atoms with van der Waals surface area (Å²) < 4.78 is 26.0. The van der Waals surface area contributed by atoms with E-state index in [2.05, 4.69) is 20.6 Å². The Balaban J connectivity index is 1.40. The number of nitrogens with one attached hydrogen (secondary N) is 2. The average molecular weight is 420 g/mol. The molecule has 1 aromatic carbocycles. The fourth-order valence-corrected chi connectivity index (χ4v) is 5.99. The van der Waals surface area contributed by atoms with E-state index in [1.807, 2.05) is 18.2 Å². The standard InChI is InChI=1S/C19H22ClN5O2S/c1-28(26,27)25-16-7-8-17(25)14-9-12(5-6-13(14)16)23-19-21-10-15(20)18(24-19)22-11-3-2-4-11/h5-6,9-11,16-17H,2-4,7-8H2,1H3,(H2,21,22,23,24)/t16-,17-/m1/s1. The summed E-state index contributed by atoms with van der Waals surface area (Å²) in [5.74, 6) is 1.11. The Morgan fingerprint density at radius 1 is 1.14 bits per heavy atom. The Morgan fingerprint density at radius 2 is 1.89 bits per heavy atom. The average Bonchev–Trinajstić information content (AvgIpc) is 3.18. The Morgan fingerprint density at radius 3 is 2.57 bits per heavy atom. The molecule has 9 heteroatoms. The lowest BCUT2D eigenvalue weighted by Gasteiger charge is -2.27. The highest BCUT2D eigenvalue weighted by Gasteiger charge is 2.48. The molecule has 148 valence electrons. The molecule has 0 radical (unpaired) electrons. The zero-order valence-corrected chi connectivity index (χ0v) is 17.1. The van der Waals surface area contributed by atoms with E-state index < -0.39 is 10.0 Å². The largest absolute Gasteiger partial charge is 0.366 e. The van der Waals surface area contributed by atoms with Crippen LogP contribution in [0.4, 0.5) is 17.5 Å². The molecule has 2 fully saturated rings. The van der Waals surface area contributed by atoms with Gasteiger partial charge in [0.2, 0.25) is 16.0 Å². The second-order valence-electron chi connectivity index (χ2n) is 7.83. The van der Waals surface area contributed by atoms with E-state index >= 15 is 0 Å². The Bertz CT molecular complexity index is 1040. The first kappa shape index (κ1) is 18.1. The molecule has 5 rings (SSSR count). The molecule has 2 aromatic rings. The van der Waals surface area contributed by atoms with Crippen LogP contribution in [0.2, 0.25) is 5.02 Å². The van der Waals surface area contributed by atoms with E-state index in [4.69, 9.17) is 11.6 Å². The molecule has 2 N–H and O–H groups in total. The van der Waals surface area contributed by atoms with Crippen molar-refractivity contribution in [3.8, 4) is 0 Å². The molecular formula is C19H22ClN5O2S. The maximum absolute atomic E-state index is 12.2. The van der Waals surface area contributed by atoms with Gasteiger partial charge in [0.1, 0.15) is 5.02 Å². The number of nitrogens with zero attached hydrogens (tertiary/aromatic N) is 3. The molecule has 3 heterocycles. The van der Waals surface area contributed by atoms with Crippen LogP contribution < -0.4 is 10.6 Å². The van der Waals surface area contributed by atoms with Crippen LogP contribution in [0.3, 0.4) is 0 Å². The number of rotatable bonds is 5. The third-order valence-corrected chi connectivity index (χ3v) is 7.51. The van der Waals surface area contributed by atoms with Crippen LogP contribution in [-0.2, 0) is 10.0 Å². The van der Waals surface area contributed by atoms with Gasteiger partial charge in [0.05, 0.1) is 24.5 Å². The number of sulfonamides is 1. The van der Waals surface area contributed by atoms with E-state index in [1.54, 1.807) is 10.5 Å². The molecule has 7 nitrogen and oxygen atoms in total. The summed E-state index contributed by atoms with van der Waals surface area (Å²) >= 11 is 6.22. The van der Waals surface area contributed by atoms with Crippen molar-refractivity contribution in [3.05, 3.63) is 40.5 Å². The van der Waals surface area contributed by atoms with Gasteiger partial charge in [-0.3, -0.25) is 0 Å². The minimum absolute atomic E-state index is 0.0332. The first-order chi connectivity index (χ1) is 13.4. The molecule has 2 bridgehead atoms. The SMILES string of the molecule is CS(=O)(=O)N1[C@@H]2CC[C@@H]1c1cc(Nc3ncc(Cl)c(NC4CCC4)n3)ccc12. The highest BCUT2D eigenvalue weighted by Crippen LogP contribution is 2.54. The van der Waals surface area contributed by atoms with Crippen LogP contribution in [0.1, 0.15) is 55.3 Å². The van der Waals surface area contributed by atoms with Crippen molar-refractivity contribution in [2.75, 3.05) is 16.9 Å². The zero-order chi connectivity index (χ0) is 19.5. The van der Waals surface area contributed by atoms with Crippen LogP contribution in [-0.4, -0.2) is 35.0 Å². The summed E-state index contributed by atoms with van der Waals surface area (Å²) in [5.41, 5.74) is 3.03. The predicted molar refractivity (Wildman–Crippen MR) is 109 cm³/mol. The first-order valence-electron chi connectivity index (χ1n) is 9.58. The van der Waals surface area contributed by atoms with Gasteiger partial charge in [-0.2, -0.15) is 9.29 Å². The van der Waals surface area contributed by atoms with Crippen molar-refractivity contribution >= 4 is 39.1 Å². The van der Waals surface area contributed by atoms with Gasteiger partial charge < -0.3 is 10.6 Å². The summed E-state index contributed by atoms with van der Waals surface area (Å²) in [6.07, 6.45) is 8.13. The molecule has 0 unspecified atom stereocenters. The van der Waals surface area contributed by atoms with E-state index in [9.17, 15) is 8.42 Å². The van der Waals surface area contributed by atoms with Crippen molar-refractivity contribution in [3.63, 3.8) is 0 Å². The van der Waals surface area contributed by atoms with Gasteiger partial charge in [0.15, 0.2) is 5.82 Å². The minimum atomic E-state index is -3.23. The van der Waals surface area contributed by atoms with Crippen molar-refractivity contribution in [2.24, 2.45) is 0 Å². The summed E-state index contributed by atoms with van der Waals surface area (Å²) in [6, 6.07) is 6.32. The molecule has 1 saturated carbocycles. The predicted octanol–water partition coefficient (Wildman–Crippen LogP) is 3.99. The normalized spacial score (nSPS) is 24.1. The van der Waals surface area contributed by atoms with E-state index in [1.165, 1.54) is 12.7 Å². The van der Waals surface area contributed by atoms with Gasteiger partial charge in [0, 0.05) is 11.7 Å². The van der Waals surface area contributed by atoms with Gasteiger partial charge >= 0.3 is 0 Å². The van der Waals surface area contributed by atoms with Gasteiger partial charge in [-0.15, -0.1) is 0 Å². The summed E-state index contributed by atoms with van der Waals surface area (Å²) in [5, 5.41) is 7.10. The van der Waals surface area contributed by atoms with Crippen LogP contribution in [0.5, 0.6) is 0 Å². The molecule has 1 saturated heterocycles. The lowest BCUT2D eigenvalue weighted by Crippen LogP contribution is -2.27. The number of anilines is 3. The first-order valence-corrected chi connectivity index (χ1v) is 11.8. The fraction of sp³-hybridized carbons (Fsp3) is 0.474. The van der Waals surface area contributed by atoms with Gasteiger partial charge in [0.25, 0.3) is 0 Å². The number of hydrogen-bond donors (Lipinski definition) is 2. The second kappa shape index (κ2) is 6.57. The van der Waals surface area contributed by atoms with Gasteiger partial charge in [-0.25, -0.2) is 13.4 Å². The second-order valence-corrected chi connectivity index (χ2v) is 10.1. The minimum Gasteiger partial charge on any atom is -0.366 e. The summed E-state index contributed by atoms with van der Waals surface area (Å²) in [6.45, 7) is 0. The summed E-state index contributed by atoms with van der Waals surface area (Å²) in [4.78, 5) is 8.79. The Labute approximate surface area is 169 Å².